The molecule has 1 unspecified atom stereocenters. The quantitative estimate of drug-likeness (QED) is 0.608. The summed E-state index contributed by atoms with van der Waals surface area (Å²) in [6.45, 7) is 2.76. The van der Waals surface area contributed by atoms with Crippen LogP contribution in [0.2, 0.25) is 0 Å². The van der Waals surface area contributed by atoms with E-state index in [0.717, 1.165) is 12.3 Å². The molecule has 1 aromatic carbocycles. The lowest BCUT2D eigenvalue weighted by molar-refractivity contribution is -0.250. The molecule has 1 aliphatic carbocycles. The largest absolute Gasteiger partial charge is 0.452 e. The predicted molar refractivity (Wildman–Crippen MR) is 114 cm³/mol. The topological polar surface area (TPSA) is 89.6 Å². The lowest BCUT2D eigenvalue weighted by atomic mass is 9.68. The van der Waals surface area contributed by atoms with Gasteiger partial charge in [-0.15, -0.1) is 0 Å². The standard InChI is InChI=1S/C23H23F5N4O2/c1-13-3-5-15(31-18(33)17-6-4-14(24)12-30-17)11-16(13)20(2)23(27,28)21(34-19(29)32-20)7-9-22(25,26)10-8-21/h3-6,11-12H,7-10H2,1-2H3,(H2,29,32)(H,31,33). The highest BCUT2D eigenvalue weighted by molar-refractivity contribution is 6.02. The van der Waals surface area contributed by atoms with E-state index in [0.29, 0.717) is 5.56 Å². The van der Waals surface area contributed by atoms with E-state index in [1.807, 2.05) is 0 Å². The molecular weight excluding hydrogens is 459 g/mol. The minimum Gasteiger partial charge on any atom is -0.452 e. The highest BCUT2D eigenvalue weighted by Gasteiger charge is 2.71. The second kappa shape index (κ2) is 7.92. The molecular formula is C23H23F5N4O2. The zero-order valence-corrected chi connectivity index (χ0v) is 18.5. The van der Waals surface area contributed by atoms with Gasteiger partial charge in [-0.2, -0.15) is 8.78 Å². The number of carbonyl (C=O) groups is 1. The fourth-order valence-corrected chi connectivity index (χ4v) is 4.62. The number of rotatable bonds is 3. The Kier molecular flexibility index (Phi) is 5.57. The molecule has 6 nitrogen and oxygen atoms in total. The summed E-state index contributed by atoms with van der Waals surface area (Å²) < 4.78 is 78.2. The Morgan fingerprint density at radius 2 is 1.76 bits per heavy atom. The van der Waals surface area contributed by atoms with Crippen molar-refractivity contribution in [1.29, 1.82) is 0 Å². The summed E-state index contributed by atoms with van der Waals surface area (Å²) in [5, 5.41) is 2.54. The fourth-order valence-electron chi connectivity index (χ4n) is 4.62. The summed E-state index contributed by atoms with van der Waals surface area (Å²) >= 11 is 0. The molecule has 1 aromatic heterocycles. The number of carbonyl (C=O) groups excluding carboxylic acids is 1. The fraction of sp³-hybridized carbons (Fsp3) is 0.435. The Morgan fingerprint density at radius 3 is 2.38 bits per heavy atom. The molecule has 2 aliphatic rings. The van der Waals surface area contributed by atoms with Crippen molar-refractivity contribution in [2.75, 3.05) is 5.32 Å². The molecule has 0 saturated heterocycles. The molecule has 3 N–H and O–H groups in total. The number of nitrogens with zero attached hydrogens (tertiary/aromatic N) is 2. The Hall–Kier alpha value is -3.24. The van der Waals surface area contributed by atoms with Crippen molar-refractivity contribution < 1.29 is 31.5 Å². The van der Waals surface area contributed by atoms with Crippen molar-refractivity contribution in [1.82, 2.24) is 4.98 Å². The van der Waals surface area contributed by atoms with Gasteiger partial charge in [-0.1, -0.05) is 6.07 Å². The second-order valence-electron chi connectivity index (χ2n) is 8.89. The Morgan fingerprint density at radius 1 is 1.09 bits per heavy atom. The van der Waals surface area contributed by atoms with Crippen molar-refractivity contribution >= 4 is 17.6 Å². The number of benzene rings is 1. The summed E-state index contributed by atoms with van der Waals surface area (Å²) in [7, 11) is 0. The molecule has 34 heavy (non-hydrogen) atoms. The smallest absolute Gasteiger partial charge is 0.315 e. The first kappa shape index (κ1) is 23.9. The van der Waals surface area contributed by atoms with E-state index in [4.69, 9.17) is 10.5 Å². The molecule has 1 aliphatic heterocycles. The number of alkyl halides is 4. The Balaban J connectivity index is 1.71. The van der Waals surface area contributed by atoms with Crippen molar-refractivity contribution in [2.45, 2.75) is 62.5 Å². The van der Waals surface area contributed by atoms with E-state index >= 15 is 8.78 Å². The van der Waals surface area contributed by atoms with Gasteiger partial charge >= 0.3 is 5.92 Å². The Bertz CT molecular complexity index is 1140. The zero-order chi connectivity index (χ0) is 24.9. The third kappa shape index (κ3) is 3.86. The van der Waals surface area contributed by atoms with E-state index in [1.54, 1.807) is 6.92 Å². The maximum atomic E-state index is 16.1. The van der Waals surface area contributed by atoms with Gasteiger partial charge in [-0.3, -0.25) is 4.79 Å². The van der Waals surface area contributed by atoms with Crippen LogP contribution in [0.25, 0.3) is 0 Å². The molecule has 11 heteroatoms. The summed E-state index contributed by atoms with van der Waals surface area (Å²) in [4.78, 5) is 20.1. The lowest BCUT2D eigenvalue weighted by Crippen LogP contribution is -2.66. The summed E-state index contributed by atoms with van der Waals surface area (Å²) in [5.41, 5.74) is 1.87. The number of hydrogen-bond acceptors (Lipinski definition) is 5. The van der Waals surface area contributed by atoms with Gasteiger partial charge in [-0.25, -0.2) is 23.1 Å². The second-order valence-corrected chi connectivity index (χ2v) is 8.89. The van der Waals surface area contributed by atoms with Crippen molar-refractivity contribution in [3.8, 4) is 0 Å². The van der Waals surface area contributed by atoms with Crippen LogP contribution in [0.1, 0.15) is 54.2 Å². The number of ether oxygens (including phenoxy) is 1. The van der Waals surface area contributed by atoms with Gasteiger partial charge in [0.15, 0.2) is 11.1 Å². The third-order valence-electron chi connectivity index (χ3n) is 6.59. The zero-order valence-electron chi connectivity index (χ0n) is 18.5. The van der Waals surface area contributed by atoms with Gasteiger partial charge in [0.2, 0.25) is 5.92 Å². The molecule has 0 bridgehead atoms. The number of halogens is 5. The summed E-state index contributed by atoms with van der Waals surface area (Å²) in [5.74, 6) is -8.05. The van der Waals surface area contributed by atoms with Crippen LogP contribution in [0.5, 0.6) is 0 Å². The molecule has 1 amide bonds. The SMILES string of the molecule is Cc1ccc(NC(=O)c2ccc(F)cn2)cc1C1(C)N=C(N)OC2(CCC(F)(F)CC2)C1(F)F. The summed E-state index contributed by atoms with van der Waals surface area (Å²) in [6, 6.07) is 6.09. The number of aryl methyl sites for hydroxylation is 1. The average molecular weight is 482 g/mol. The molecule has 182 valence electrons. The molecule has 0 radical (unpaired) electrons. The molecule has 1 fully saturated rings. The number of pyridine rings is 1. The lowest BCUT2D eigenvalue weighted by Gasteiger charge is -2.52. The van der Waals surface area contributed by atoms with Crippen LogP contribution in [-0.2, 0) is 10.3 Å². The summed E-state index contributed by atoms with van der Waals surface area (Å²) in [6.07, 6.45) is -1.82. The average Bonchev–Trinajstić information content (AvgIpc) is 2.76. The van der Waals surface area contributed by atoms with Crippen LogP contribution in [0, 0.1) is 12.7 Å². The van der Waals surface area contributed by atoms with E-state index in [2.05, 4.69) is 15.3 Å². The number of anilines is 1. The van der Waals surface area contributed by atoms with Crippen LogP contribution in [0.15, 0.2) is 41.5 Å². The number of nitrogens with two attached hydrogens (primary N) is 1. The van der Waals surface area contributed by atoms with Crippen LogP contribution >= 0.6 is 0 Å². The van der Waals surface area contributed by atoms with Gasteiger partial charge in [0, 0.05) is 18.5 Å². The predicted octanol–water partition coefficient (Wildman–Crippen LogP) is 4.92. The van der Waals surface area contributed by atoms with Gasteiger partial charge in [-0.05, 0) is 62.1 Å². The van der Waals surface area contributed by atoms with Gasteiger partial charge in [0.05, 0.1) is 6.20 Å². The van der Waals surface area contributed by atoms with E-state index in [1.165, 1.54) is 31.2 Å². The van der Waals surface area contributed by atoms with Crippen LogP contribution in [-0.4, -0.2) is 34.4 Å². The highest BCUT2D eigenvalue weighted by atomic mass is 19.3. The van der Waals surface area contributed by atoms with Crippen molar-refractivity contribution in [3.05, 3.63) is 59.2 Å². The van der Waals surface area contributed by atoms with Crippen LogP contribution < -0.4 is 11.1 Å². The Labute approximate surface area is 192 Å². The van der Waals surface area contributed by atoms with Gasteiger partial charge < -0.3 is 15.8 Å². The number of aromatic nitrogens is 1. The molecule has 2 aromatic rings. The number of nitrogens with one attached hydrogen (secondary N) is 1. The van der Waals surface area contributed by atoms with E-state index in [-0.39, 0.29) is 16.9 Å². The highest BCUT2D eigenvalue weighted by Crippen LogP contribution is 2.58. The van der Waals surface area contributed by atoms with Crippen molar-refractivity contribution in [2.24, 2.45) is 10.7 Å². The molecule has 4 rings (SSSR count). The third-order valence-corrected chi connectivity index (χ3v) is 6.59. The molecule has 1 saturated carbocycles. The normalized spacial score (nSPS) is 24.7. The first-order valence-corrected chi connectivity index (χ1v) is 10.6. The van der Waals surface area contributed by atoms with Crippen LogP contribution in [0.4, 0.5) is 27.6 Å². The minimum atomic E-state index is -3.70. The molecule has 1 atom stereocenters. The molecule has 2 heterocycles. The number of aliphatic imine (C=N–C) groups is 1. The maximum absolute atomic E-state index is 16.1. The number of amidine groups is 1. The minimum absolute atomic E-state index is 0.0466. The monoisotopic (exact) mass is 482 g/mol. The van der Waals surface area contributed by atoms with E-state index in [9.17, 15) is 18.0 Å². The first-order chi connectivity index (χ1) is 15.8. The first-order valence-electron chi connectivity index (χ1n) is 10.6. The van der Waals surface area contributed by atoms with Gasteiger partial charge in [0.1, 0.15) is 11.5 Å². The van der Waals surface area contributed by atoms with Crippen LogP contribution in [0.3, 0.4) is 0 Å². The van der Waals surface area contributed by atoms with E-state index < -0.39 is 66.4 Å². The van der Waals surface area contributed by atoms with Crippen molar-refractivity contribution in [3.63, 3.8) is 0 Å². The number of amides is 1. The number of hydrogen-bond donors (Lipinski definition) is 2. The maximum Gasteiger partial charge on any atom is 0.315 e. The van der Waals surface area contributed by atoms with Gasteiger partial charge in [0.25, 0.3) is 11.9 Å². The molecule has 1 spiro atoms.